The lowest BCUT2D eigenvalue weighted by Crippen LogP contribution is -2.67. The van der Waals surface area contributed by atoms with Gasteiger partial charge in [0, 0.05) is 17.5 Å². The third kappa shape index (κ3) is 1.43. The maximum atomic E-state index is 10.5. The summed E-state index contributed by atoms with van der Waals surface area (Å²) in [5.74, 6) is -1.18. The second-order valence-corrected chi connectivity index (χ2v) is 7.23. The zero-order valence-corrected chi connectivity index (χ0v) is 12.8. The number of benzene rings is 1. The molecule has 2 aliphatic heterocycles. The van der Waals surface area contributed by atoms with Crippen molar-refractivity contribution >= 4 is 0 Å². The highest BCUT2D eigenvalue weighted by atomic mass is 17.1. The van der Waals surface area contributed by atoms with Gasteiger partial charge in [0.15, 0.2) is 11.9 Å². The smallest absolute Gasteiger partial charge is 0.222 e. The molecule has 5 rings (SSSR count). The summed E-state index contributed by atoms with van der Waals surface area (Å²) in [6, 6.07) is 3.94. The Morgan fingerprint density at radius 3 is 2.96 bits per heavy atom. The minimum absolute atomic E-state index is 0.154. The molecular weight excluding hydrogens is 298 g/mol. The molecule has 4 aliphatic rings. The molecular formula is C17H19NO5. The minimum atomic E-state index is -2.03. The van der Waals surface area contributed by atoms with Crippen LogP contribution in [0.15, 0.2) is 24.3 Å². The van der Waals surface area contributed by atoms with Gasteiger partial charge in [-0.1, -0.05) is 12.1 Å². The maximum absolute atomic E-state index is 10.5. The van der Waals surface area contributed by atoms with E-state index < -0.39 is 17.3 Å². The lowest BCUT2D eigenvalue weighted by atomic mass is 9.53. The number of likely N-dealkylation sites (N-methyl/N-ethyl adjacent to an activating group) is 1. The quantitative estimate of drug-likeness (QED) is 0.306. The standard InChI is InChI=1S/C17H19NO5/c1-18-7-6-16-10-4-5-17(19,20)15(16)22-14-12(23-21)3-2-9(13(14)16)8-11(10)18/h2-5,10-11,15,19-21H,6-8H2,1H3/t10-,11+,15+,16-/m0/s1. The van der Waals surface area contributed by atoms with E-state index in [9.17, 15) is 15.5 Å². The number of aliphatic hydroxyl groups is 2. The maximum Gasteiger partial charge on any atom is 0.222 e. The van der Waals surface area contributed by atoms with Gasteiger partial charge >= 0.3 is 0 Å². The molecule has 1 fully saturated rings. The van der Waals surface area contributed by atoms with Gasteiger partial charge in [-0.25, -0.2) is 5.26 Å². The van der Waals surface area contributed by atoms with Crippen molar-refractivity contribution < 1.29 is 25.1 Å². The topological polar surface area (TPSA) is 82.4 Å². The lowest BCUT2D eigenvalue weighted by molar-refractivity contribution is -0.213. The molecule has 23 heavy (non-hydrogen) atoms. The van der Waals surface area contributed by atoms with Crippen LogP contribution in [-0.2, 0) is 11.8 Å². The van der Waals surface area contributed by atoms with Gasteiger partial charge in [0.05, 0.1) is 5.41 Å². The molecule has 1 spiro atoms. The Labute approximate surface area is 133 Å². The highest BCUT2D eigenvalue weighted by Gasteiger charge is 2.67. The molecule has 122 valence electrons. The van der Waals surface area contributed by atoms with Crippen molar-refractivity contribution in [3.05, 3.63) is 35.4 Å². The van der Waals surface area contributed by atoms with Gasteiger partial charge in [-0.05, 0) is 44.1 Å². The molecule has 2 heterocycles. The first-order valence-corrected chi connectivity index (χ1v) is 7.98. The van der Waals surface area contributed by atoms with Crippen molar-refractivity contribution in [3.63, 3.8) is 0 Å². The summed E-state index contributed by atoms with van der Waals surface area (Å²) in [7, 11) is 2.12. The number of hydrogen-bond acceptors (Lipinski definition) is 6. The summed E-state index contributed by atoms with van der Waals surface area (Å²) in [4.78, 5) is 6.83. The second-order valence-electron chi connectivity index (χ2n) is 7.23. The molecule has 2 aliphatic carbocycles. The largest absolute Gasteiger partial charge is 0.479 e. The zero-order chi connectivity index (χ0) is 16.0. The van der Waals surface area contributed by atoms with E-state index in [4.69, 9.17) is 4.74 Å². The van der Waals surface area contributed by atoms with Gasteiger partial charge in [0.1, 0.15) is 0 Å². The fourth-order valence-electron chi connectivity index (χ4n) is 5.34. The van der Waals surface area contributed by atoms with E-state index in [0.717, 1.165) is 30.5 Å². The molecule has 1 aromatic rings. The third-order valence-electron chi connectivity index (χ3n) is 6.29. The first kappa shape index (κ1) is 13.8. The number of nitrogens with zero attached hydrogens (tertiary/aromatic N) is 1. The van der Waals surface area contributed by atoms with Crippen molar-refractivity contribution in [1.29, 1.82) is 0 Å². The molecule has 4 atom stereocenters. The number of ether oxygens (including phenoxy) is 1. The summed E-state index contributed by atoms with van der Waals surface area (Å²) in [6.45, 7) is 0.869. The molecule has 6 heteroatoms. The van der Waals surface area contributed by atoms with Crippen LogP contribution >= 0.6 is 0 Å². The summed E-state index contributed by atoms with van der Waals surface area (Å²) in [6.07, 6.45) is 4.25. The molecule has 0 aromatic heterocycles. The van der Waals surface area contributed by atoms with E-state index in [0.29, 0.717) is 11.8 Å². The van der Waals surface area contributed by atoms with E-state index in [2.05, 4.69) is 16.8 Å². The minimum Gasteiger partial charge on any atom is -0.479 e. The molecule has 3 N–H and O–H groups in total. The number of hydrogen-bond donors (Lipinski definition) is 3. The average Bonchev–Trinajstić information content (AvgIpc) is 2.88. The van der Waals surface area contributed by atoms with Crippen LogP contribution in [0, 0.1) is 5.92 Å². The van der Waals surface area contributed by atoms with Crippen LogP contribution in [0.5, 0.6) is 11.5 Å². The third-order valence-corrected chi connectivity index (χ3v) is 6.29. The molecule has 6 nitrogen and oxygen atoms in total. The predicted octanol–water partition coefficient (Wildman–Crippen LogP) is 0.664. The molecule has 2 bridgehead atoms. The number of piperidine rings is 1. The van der Waals surface area contributed by atoms with Gasteiger partial charge in [0.25, 0.3) is 0 Å². The van der Waals surface area contributed by atoms with Crippen LogP contribution in [0.2, 0.25) is 0 Å². The van der Waals surface area contributed by atoms with E-state index >= 15 is 0 Å². The first-order valence-electron chi connectivity index (χ1n) is 7.98. The van der Waals surface area contributed by atoms with Crippen LogP contribution in [0.25, 0.3) is 0 Å². The van der Waals surface area contributed by atoms with Gasteiger partial charge < -0.3 is 24.7 Å². The Bertz CT molecular complexity index is 730. The Balaban J connectivity index is 1.84. The van der Waals surface area contributed by atoms with Crippen LogP contribution in [0.4, 0.5) is 0 Å². The van der Waals surface area contributed by atoms with Gasteiger partial charge in [0.2, 0.25) is 11.5 Å². The fourth-order valence-corrected chi connectivity index (χ4v) is 5.34. The monoisotopic (exact) mass is 317 g/mol. The molecule has 1 aromatic carbocycles. The van der Waals surface area contributed by atoms with Gasteiger partial charge in [-0.15, -0.1) is 0 Å². The zero-order valence-electron chi connectivity index (χ0n) is 12.8. The number of rotatable bonds is 1. The van der Waals surface area contributed by atoms with Crippen molar-refractivity contribution in [1.82, 2.24) is 4.90 Å². The van der Waals surface area contributed by atoms with Crippen molar-refractivity contribution in [2.45, 2.75) is 36.2 Å². The first-order chi connectivity index (χ1) is 11.0. The van der Waals surface area contributed by atoms with Crippen LogP contribution in [0.1, 0.15) is 17.5 Å². The average molecular weight is 317 g/mol. The van der Waals surface area contributed by atoms with Crippen molar-refractivity contribution in [3.8, 4) is 11.5 Å². The Morgan fingerprint density at radius 1 is 1.35 bits per heavy atom. The normalized spacial score (nSPS) is 38.9. The second kappa shape index (κ2) is 4.08. The Kier molecular flexibility index (Phi) is 2.45. The number of likely N-dealkylation sites (tertiary alicyclic amines) is 1. The Hall–Kier alpha value is -1.60. The summed E-state index contributed by atoms with van der Waals surface area (Å²) < 4.78 is 6.00. The van der Waals surface area contributed by atoms with Crippen LogP contribution in [-0.4, -0.2) is 51.9 Å². The van der Waals surface area contributed by atoms with E-state index in [1.807, 2.05) is 12.1 Å². The molecule has 0 radical (unpaired) electrons. The highest BCUT2D eigenvalue weighted by molar-refractivity contribution is 5.62. The predicted molar refractivity (Wildman–Crippen MR) is 80.3 cm³/mol. The highest BCUT2D eigenvalue weighted by Crippen LogP contribution is 2.63. The molecule has 0 amide bonds. The van der Waals surface area contributed by atoms with Crippen molar-refractivity contribution in [2.75, 3.05) is 13.6 Å². The van der Waals surface area contributed by atoms with E-state index in [1.165, 1.54) is 6.08 Å². The summed E-state index contributed by atoms with van der Waals surface area (Å²) in [5.41, 5.74) is 1.65. The SMILES string of the molecule is CN1CC[C@]23c4c5ccc(OO)c4O[C@H]2C(O)(O)C=C[C@H]3[C@H]1C5. The van der Waals surface area contributed by atoms with Crippen LogP contribution in [0.3, 0.4) is 0 Å². The summed E-state index contributed by atoms with van der Waals surface area (Å²) in [5, 5.41) is 30.2. The molecule has 0 unspecified atom stereocenters. The fraction of sp³-hybridized carbons (Fsp3) is 0.529. The molecule has 1 saturated heterocycles. The molecule has 0 saturated carbocycles. The lowest BCUT2D eigenvalue weighted by Gasteiger charge is -2.57. The van der Waals surface area contributed by atoms with Crippen molar-refractivity contribution in [2.24, 2.45) is 5.92 Å². The van der Waals surface area contributed by atoms with Gasteiger partial charge in [-0.3, -0.25) is 0 Å². The summed E-state index contributed by atoms with van der Waals surface area (Å²) >= 11 is 0. The van der Waals surface area contributed by atoms with E-state index in [-0.39, 0.29) is 11.7 Å². The van der Waals surface area contributed by atoms with Crippen LogP contribution < -0.4 is 9.62 Å². The Morgan fingerprint density at radius 2 is 2.17 bits per heavy atom. The van der Waals surface area contributed by atoms with E-state index in [1.54, 1.807) is 6.07 Å². The van der Waals surface area contributed by atoms with Gasteiger partial charge in [-0.2, -0.15) is 0 Å².